The van der Waals surface area contributed by atoms with Gasteiger partial charge in [-0.3, -0.25) is 0 Å². The molecule has 0 unspecified atom stereocenters. The average molecular weight is 333 g/mol. The summed E-state index contributed by atoms with van der Waals surface area (Å²) in [6, 6.07) is 11.8. The summed E-state index contributed by atoms with van der Waals surface area (Å²) in [4.78, 5) is 0. The van der Waals surface area contributed by atoms with Crippen molar-refractivity contribution in [1.82, 2.24) is 5.32 Å². The molecule has 0 heterocycles. The summed E-state index contributed by atoms with van der Waals surface area (Å²) in [6.45, 7) is 0.434. The summed E-state index contributed by atoms with van der Waals surface area (Å²) in [5, 5.41) is 32.9. The molecule has 2 aromatic carbocycles. The van der Waals surface area contributed by atoms with Crippen molar-refractivity contribution in [2.24, 2.45) is 0 Å². The van der Waals surface area contributed by atoms with Gasteiger partial charge >= 0.3 is 0 Å². The first-order valence-corrected chi connectivity index (χ1v) is 7.63. The van der Waals surface area contributed by atoms with Gasteiger partial charge in [0.25, 0.3) is 0 Å². The number of phenolic OH excluding ortho intramolecular Hbond substituents is 1. The van der Waals surface area contributed by atoms with Crippen LogP contribution in [0, 0.1) is 0 Å². The van der Waals surface area contributed by atoms with Crippen molar-refractivity contribution in [3.8, 4) is 17.2 Å². The molecule has 6 nitrogen and oxygen atoms in total. The second-order valence-corrected chi connectivity index (χ2v) is 5.45. The number of para-hydroxylation sites is 1. The second-order valence-electron chi connectivity index (χ2n) is 5.45. The number of aromatic hydroxyl groups is 1. The molecule has 0 spiro atoms. The third-order valence-electron chi connectivity index (χ3n) is 3.75. The highest BCUT2D eigenvalue weighted by Gasteiger charge is 2.28. The molecular weight excluding hydrogens is 310 g/mol. The van der Waals surface area contributed by atoms with Crippen molar-refractivity contribution in [2.75, 3.05) is 27.3 Å². The van der Waals surface area contributed by atoms with E-state index >= 15 is 0 Å². The Kier molecular flexibility index (Phi) is 6.03. The van der Waals surface area contributed by atoms with Gasteiger partial charge in [0.2, 0.25) is 5.79 Å². The molecule has 130 valence electrons. The Morgan fingerprint density at radius 2 is 1.71 bits per heavy atom. The third kappa shape index (κ3) is 4.38. The average Bonchev–Trinajstić information content (AvgIpc) is 2.58. The first kappa shape index (κ1) is 18.1. The number of ether oxygens (including phenoxy) is 2. The van der Waals surface area contributed by atoms with E-state index in [1.54, 1.807) is 26.4 Å². The summed E-state index contributed by atoms with van der Waals surface area (Å²) < 4.78 is 10.4. The molecule has 0 saturated heterocycles. The molecule has 0 amide bonds. The van der Waals surface area contributed by atoms with Crippen molar-refractivity contribution in [3.05, 3.63) is 53.6 Å². The molecule has 24 heavy (non-hydrogen) atoms. The fraction of sp³-hybridized carbons (Fsp3) is 0.333. The Morgan fingerprint density at radius 3 is 2.38 bits per heavy atom. The largest absolute Gasteiger partial charge is 0.507 e. The summed E-state index contributed by atoms with van der Waals surface area (Å²) in [6.07, 6.45) is 0.678. The van der Waals surface area contributed by atoms with E-state index in [1.165, 1.54) is 12.1 Å². The molecule has 0 radical (unpaired) electrons. The molecule has 4 N–H and O–H groups in total. The normalized spacial score (nSPS) is 11.3. The lowest BCUT2D eigenvalue weighted by Gasteiger charge is -2.23. The molecule has 0 atom stereocenters. The Hall–Kier alpha value is -2.28. The molecule has 0 aromatic heterocycles. The minimum absolute atomic E-state index is 0.0728. The quantitative estimate of drug-likeness (QED) is 0.431. The first-order chi connectivity index (χ1) is 11.5. The number of benzene rings is 2. The molecule has 0 aliphatic heterocycles. The van der Waals surface area contributed by atoms with Gasteiger partial charge in [-0.1, -0.05) is 18.2 Å². The van der Waals surface area contributed by atoms with Crippen molar-refractivity contribution in [2.45, 2.75) is 12.2 Å². The van der Waals surface area contributed by atoms with Crippen LogP contribution in [0.3, 0.4) is 0 Å². The number of hydrogen-bond donors (Lipinski definition) is 4. The maximum atomic E-state index is 10.1. The van der Waals surface area contributed by atoms with Crippen LogP contribution in [0.5, 0.6) is 17.2 Å². The van der Waals surface area contributed by atoms with Gasteiger partial charge in [-0.2, -0.15) is 0 Å². The fourth-order valence-corrected chi connectivity index (χ4v) is 2.44. The zero-order valence-electron chi connectivity index (χ0n) is 13.8. The minimum Gasteiger partial charge on any atom is -0.507 e. The number of hydrogen-bond acceptors (Lipinski definition) is 6. The molecule has 0 fully saturated rings. The summed E-state index contributed by atoms with van der Waals surface area (Å²) in [5.41, 5.74) is 1.10. The maximum absolute atomic E-state index is 10.1. The SMILES string of the molecule is COc1ccc(CCNCC(O)(O)c2ccccc2O)cc1OC. The molecule has 0 saturated carbocycles. The molecular formula is C18H23NO5. The standard InChI is InChI=1S/C18H23NO5/c1-23-16-8-7-13(11-17(16)24-2)9-10-19-12-18(21,22)14-5-3-4-6-15(14)20/h3-8,11,19-22H,9-10,12H2,1-2H3. The highest BCUT2D eigenvalue weighted by Crippen LogP contribution is 2.28. The number of phenols is 1. The van der Waals surface area contributed by atoms with Crippen molar-refractivity contribution in [1.29, 1.82) is 0 Å². The van der Waals surface area contributed by atoms with E-state index in [-0.39, 0.29) is 17.9 Å². The summed E-state index contributed by atoms with van der Waals surface area (Å²) in [5.74, 6) is -0.964. The smallest absolute Gasteiger partial charge is 0.206 e. The Morgan fingerprint density at radius 1 is 1.00 bits per heavy atom. The van der Waals surface area contributed by atoms with Crippen LogP contribution in [-0.4, -0.2) is 42.6 Å². The molecule has 2 rings (SSSR count). The van der Waals surface area contributed by atoms with Crippen molar-refractivity contribution in [3.63, 3.8) is 0 Å². The summed E-state index contributed by atoms with van der Waals surface area (Å²) in [7, 11) is 3.16. The Bertz CT molecular complexity index is 672. The predicted octanol–water partition coefficient (Wildman–Crippen LogP) is 1.38. The molecule has 0 aliphatic carbocycles. The van der Waals surface area contributed by atoms with Gasteiger partial charge in [-0.05, 0) is 42.8 Å². The monoisotopic (exact) mass is 333 g/mol. The zero-order valence-corrected chi connectivity index (χ0v) is 13.8. The van der Waals surface area contributed by atoms with Crippen molar-refractivity contribution >= 4 is 0 Å². The van der Waals surface area contributed by atoms with Gasteiger partial charge in [-0.15, -0.1) is 0 Å². The van der Waals surface area contributed by atoms with Crippen LogP contribution in [0.2, 0.25) is 0 Å². The minimum atomic E-state index is -2.14. The van der Waals surface area contributed by atoms with Crippen LogP contribution < -0.4 is 14.8 Å². The highest BCUT2D eigenvalue weighted by atomic mass is 16.5. The zero-order chi connectivity index (χ0) is 17.6. The number of methoxy groups -OCH3 is 2. The molecule has 6 heteroatoms. The van der Waals surface area contributed by atoms with E-state index < -0.39 is 5.79 Å². The van der Waals surface area contributed by atoms with E-state index in [0.29, 0.717) is 24.5 Å². The van der Waals surface area contributed by atoms with Gasteiger partial charge < -0.3 is 30.1 Å². The first-order valence-electron chi connectivity index (χ1n) is 7.63. The van der Waals surface area contributed by atoms with Crippen LogP contribution in [0.4, 0.5) is 0 Å². The maximum Gasteiger partial charge on any atom is 0.206 e. The molecule has 2 aromatic rings. The second kappa shape index (κ2) is 8.01. The van der Waals surface area contributed by atoms with E-state index in [0.717, 1.165) is 5.56 Å². The topological polar surface area (TPSA) is 91.2 Å². The van der Waals surface area contributed by atoms with Gasteiger partial charge in [-0.25, -0.2) is 0 Å². The fourth-order valence-electron chi connectivity index (χ4n) is 2.44. The van der Waals surface area contributed by atoms with Crippen LogP contribution in [-0.2, 0) is 12.2 Å². The van der Waals surface area contributed by atoms with Crippen molar-refractivity contribution < 1.29 is 24.8 Å². The highest BCUT2D eigenvalue weighted by molar-refractivity contribution is 5.43. The Balaban J connectivity index is 1.90. The lowest BCUT2D eigenvalue weighted by molar-refractivity contribution is -0.166. The van der Waals surface area contributed by atoms with E-state index in [9.17, 15) is 15.3 Å². The number of aliphatic hydroxyl groups is 2. The van der Waals surface area contributed by atoms with Crippen LogP contribution in [0.15, 0.2) is 42.5 Å². The predicted molar refractivity (Wildman–Crippen MR) is 90.3 cm³/mol. The lowest BCUT2D eigenvalue weighted by Crippen LogP contribution is -2.38. The summed E-state index contributed by atoms with van der Waals surface area (Å²) >= 11 is 0. The molecule has 0 aliphatic rings. The van der Waals surface area contributed by atoms with Gasteiger partial charge in [0.15, 0.2) is 11.5 Å². The van der Waals surface area contributed by atoms with Crippen LogP contribution >= 0.6 is 0 Å². The van der Waals surface area contributed by atoms with E-state index in [2.05, 4.69) is 5.32 Å². The van der Waals surface area contributed by atoms with Crippen LogP contribution in [0.1, 0.15) is 11.1 Å². The molecule has 0 bridgehead atoms. The Labute approximate surface area is 141 Å². The van der Waals surface area contributed by atoms with Gasteiger partial charge in [0.1, 0.15) is 5.75 Å². The number of rotatable bonds is 8. The number of nitrogens with one attached hydrogen (secondary N) is 1. The third-order valence-corrected chi connectivity index (χ3v) is 3.75. The van der Waals surface area contributed by atoms with Gasteiger partial charge in [0, 0.05) is 0 Å². The van der Waals surface area contributed by atoms with E-state index in [4.69, 9.17) is 9.47 Å². The van der Waals surface area contributed by atoms with E-state index in [1.807, 2.05) is 18.2 Å². The lowest BCUT2D eigenvalue weighted by atomic mass is 10.0. The van der Waals surface area contributed by atoms with Gasteiger partial charge in [0.05, 0.1) is 26.3 Å². The van der Waals surface area contributed by atoms with Crippen LogP contribution in [0.25, 0.3) is 0 Å².